The first kappa shape index (κ1) is 55.4. The van der Waals surface area contributed by atoms with Crippen molar-refractivity contribution in [2.24, 2.45) is 17.1 Å². The van der Waals surface area contributed by atoms with Crippen LogP contribution in [0.25, 0.3) is 0 Å². The summed E-state index contributed by atoms with van der Waals surface area (Å²) in [5, 5.41) is 8.93. The van der Waals surface area contributed by atoms with E-state index in [1.54, 1.807) is 6.08 Å². The second kappa shape index (κ2) is 37.8. The molecule has 0 radical (unpaired) electrons. The molecule has 3 unspecified atom stereocenters. The van der Waals surface area contributed by atoms with Gasteiger partial charge in [-0.3, -0.25) is 0 Å². The first-order valence-electron chi connectivity index (χ1n) is 18.9. The molecule has 0 amide bonds. The number of hydrogen-bond acceptors (Lipinski definition) is 6. The van der Waals surface area contributed by atoms with Crippen LogP contribution in [0.15, 0.2) is 61.9 Å². The largest absolute Gasteiger partial charge is 0.381 e. The zero-order valence-corrected chi connectivity index (χ0v) is 34.9. The van der Waals surface area contributed by atoms with Crippen molar-refractivity contribution in [1.29, 1.82) is 0 Å². The Morgan fingerprint density at radius 2 is 1.46 bits per heavy atom. The van der Waals surface area contributed by atoms with Crippen molar-refractivity contribution in [3.8, 4) is 0 Å². The van der Waals surface area contributed by atoms with Crippen LogP contribution in [-0.4, -0.2) is 55.6 Å². The minimum atomic E-state index is 0.113. The number of rotatable bonds is 13. The van der Waals surface area contributed by atoms with Crippen LogP contribution >= 0.6 is 0 Å². The number of hydrazine groups is 1. The fraction of sp³-hybridized carbons (Fsp3) is 0.738. The van der Waals surface area contributed by atoms with Crippen LogP contribution in [0.5, 0.6) is 0 Å². The number of carbonyl (C=O) groups is 1. The molecule has 1 aliphatic carbocycles. The van der Waals surface area contributed by atoms with Crippen LogP contribution in [0.4, 0.5) is 0 Å². The summed E-state index contributed by atoms with van der Waals surface area (Å²) in [4.78, 5) is 10.7. The second-order valence-electron chi connectivity index (χ2n) is 13.5. The highest BCUT2D eigenvalue weighted by atomic mass is 16.1. The average molecular weight is 678 g/mol. The Morgan fingerprint density at radius 1 is 0.979 bits per heavy atom. The minimum absolute atomic E-state index is 0.113. The highest BCUT2D eigenvalue weighted by molar-refractivity contribution is 5.51. The maximum absolute atomic E-state index is 10.7. The number of aldehydes is 1. The SMILES string of the molecule is C=C.C=C(C)/C(=C/CC)C(CC1CCC1)NC(=C)C1CCCN1NCC=O.C=CC(N)C(C)(C)C.CC.CCC.CCC.CNC(C)C. The van der Waals surface area contributed by atoms with Gasteiger partial charge in [-0.05, 0) is 56.6 Å². The van der Waals surface area contributed by atoms with Crippen molar-refractivity contribution in [1.82, 2.24) is 21.1 Å². The van der Waals surface area contributed by atoms with Crippen molar-refractivity contribution in [3.05, 3.63) is 61.9 Å². The van der Waals surface area contributed by atoms with Crippen molar-refractivity contribution in [2.75, 3.05) is 20.1 Å². The molecule has 1 saturated heterocycles. The fourth-order valence-corrected chi connectivity index (χ4v) is 4.31. The number of allylic oxidation sites excluding steroid dienone is 1. The molecule has 2 aliphatic rings. The Labute approximate surface area is 302 Å². The van der Waals surface area contributed by atoms with E-state index in [1.165, 1.54) is 37.7 Å². The minimum Gasteiger partial charge on any atom is -0.381 e. The van der Waals surface area contributed by atoms with Gasteiger partial charge in [0.05, 0.1) is 18.6 Å². The van der Waals surface area contributed by atoms with E-state index in [0.29, 0.717) is 18.6 Å². The van der Waals surface area contributed by atoms with Crippen molar-refractivity contribution in [2.45, 2.75) is 172 Å². The summed E-state index contributed by atoms with van der Waals surface area (Å²) in [5.74, 6) is 0.817. The van der Waals surface area contributed by atoms with Gasteiger partial charge in [0.15, 0.2) is 0 Å². The molecule has 6 nitrogen and oxygen atoms in total. The van der Waals surface area contributed by atoms with Crippen molar-refractivity contribution >= 4 is 6.29 Å². The van der Waals surface area contributed by atoms with Gasteiger partial charge in [-0.1, -0.05) is 146 Å². The van der Waals surface area contributed by atoms with Crippen LogP contribution in [0.1, 0.15) is 148 Å². The zero-order valence-electron chi connectivity index (χ0n) is 34.9. The third-order valence-electron chi connectivity index (χ3n) is 7.31. The number of hydrogen-bond donors (Lipinski definition) is 4. The van der Waals surface area contributed by atoms with E-state index < -0.39 is 0 Å². The van der Waals surface area contributed by atoms with Gasteiger partial charge in [-0.15, -0.1) is 19.7 Å². The van der Waals surface area contributed by atoms with Gasteiger partial charge in [0.1, 0.15) is 6.29 Å². The lowest BCUT2D eigenvalue weighted by Crippen LogP contribution is -2.47. The van der Waals surface area contributed by atoms with Crippen LogP contribution in [-0.2, 0) is 4.79 Å². The molecule has 48 heavy (non-hydrogen) atoms. The molecule has 2 fully saturated rings. The molecule has 1 heterocycles. The van der Waals surface area contributed by atoms with Crippen LogP contribution < -0.4 is 21.8 Å². The monoisotopic (exact) mass is 678 g/mol. The summed E-state index contributed by atoms with van der Waals surface area (Å²) in [7, 11) is 1.95. The molecule has 0 aromatic rings. The lowest BCUT2D eigenvalue weighted by molar-refractivity contribution is -0.108. The summed E-state index contributed by atoms with van der Waals surface area (Å²) in [6.07, 6.45) is 15.9. The molecule has 2 rings (SSSR count). The first-order valence-corrected chi connectivity index (χ1v) is 18.9. The van der Waals surface area contributed by atoms with E-state index in [9.17, 15) is 4.79 Å². The smallest absolute Gasteiger partial charge is 0.135 e. The number of carbonyl (C=O) groups excluding carboxylic acids is 1. The molecule has 0 aromatic heterocycles. The van der Waals surface area contributed by atoms with Crippen molar-refractivity contribution < 1.29 is 4.79 Å². The summed E-state index contributed by atoms with van der Waals surface area (Å²) >= 11 is 0. The third-order valence-corrected chi connectivity index (χ3v) is 7.31. The maximum atomic E-state index is 10.7. The van der Waals surface area contributed by atoms with E-state index in [1.807, 2.05) is 20.9 Å². The highest BCUT2D eigenvalue weighted by Gasteiger charge is 2.30. The molecule has 0 spiro atoms. The summed E-state index contributed by atoms with van der Waals surface area (Å²) in [5.41, 5.74) is 12.5. The van der Waals surface area contributed by atoms with Crippen LogP contribution in [0, 0.1) is 11.3 Å². The lowest BCUT2D eigenvalue weighted by atomic mass is 9.78. The summed E-state index contributed by atoms with van der Waals surface area (Å²) in [6.45, 7) is 46.8. The summed E-state index contributed by atoms with van der Waals surface area (Å²) in [6, 6.07) is 1.29. The molecule has 1 aliphatic heterocycles. The van der Waals surface area contributed by atoms with Gasteiger partial charge in [0, 0.05) is 24.3 Å². The molecule has 0 aromatic carbocycles. The Hall–Kier alpha value is -1.99. The van der Waals surface area contributed by atoms with E-state index in [-0.39, 0.29) is 17.5 Å². The number of nitrogens with one attached hydrogen (secondary N) is 3. The Bertz CT molecular complexity index is 777. The predicted molar refractivity (Wildman–Crippen MR) is 221 cm³/mol. The second-order valence-corrected chi connectivity index (χ2v) is 13.5. The fourth-order valence-electron chi connectivity index (χ4n) is 4.31. The number of nitrogens with zero attached hydrogens (tertiary/aromatic N) is 1. The Kier molecular flexibility index (Phi) is 43.7. The lowest BCUT2D eigenvalue weighted by Gasteiger charge is -2.35. The van der Waals surface area contributed by atoms with Gasteiger partial charge in [-0.2, -0.15) is 0 Å². The number of nitrogens with two attached hydrogens (primary N) is 1. The quantitative estimate of drug-likeness (QED) is 0.0882. The molecule has 1 saturated carbocycles. The van der Waals surface area contributed by atoms with Gasteiger partial charge in [0.25, 0.3) is 0 Å². The topological polar surface area (TPSA) is 82.4 Å². The molecular weight excluding hydrogens is 590 g/mol. The molecule has 6 heteroatoms. The van der Waals surface area contributed by atoms with Crippen LogP contribution in [0.3, 0.4) is 0 Å². The third kappa shape index (κ3) is 31.3. The van der Waals surface area contributed by atoms with Gasteiger partial charge >= 0.3 is 0 Å². The molecule has 5 N–H and O–H groups in total. The molecule has 0 bridgehead atoms. The van der Waals surface area contributed by atoms with Crippen molar-refractivity contribution in [3.63, 3.8) is 0 Å². The standard InChI is InChI=1S/C21H35N3O.C7H15N.C4H11N.2C3H8.C2H6.C2H4/c1-5-8-19(16(2)3)20(15-18-9-6-10-18)23-17(4)21-11-7-13-24(21)22-12-14-25;1-5-6(8)7(2,3)4;1-4(2)5-3;2*1-3-2;2*1-2/h8,14,18,20-23H,2,4-7,9-13,15H2,1,3H3;5-6H,1,8H2,2-4H3;4-5H,1-3H3;2*3H2,1-2H3;1-2H3;1-2H2/b19-8-;;;;;;. The molecule has 286 valence electrons. The van der Waals surface area contributed by atoms with Crippen LogP contribution in [0.2, 0.25) is 0 Å². The first-order chi connectivity index (χ1) is 22.6. The Morgan fingerprint density at radius 3 is 1.75 bits per heavy atom. The molecule has 3 atom stereocenters. The zero-order chi connectivity index (χ0) is 38.7. The predicted octanol–water partition coefficient (Wildman–Crippen LogP) is 10.5. The van der Waals surface area contributed by atoms with E-state index in [2.05, 4.69) is 136 Å². The molecular formula is C42H87N5O. The van der Waals surface area contributed by atoms with Gasteiger partial charge in [0.2, 0.25) is 0 Å². The van der Waals surface area contributed by atoms with Gasteiger partial charge < -0.3 is 21.2 Å². The maximum Gasteiger partial charge on any atom is 0.135 e. The van der Waals surface area contributed by atoms with Gasteiger partial charge in [-0.25, -0.2) is 10.4 Å². The average Bonchev–Trinajstić information content (AvgIpc) is 3.51. The van der Waals surface area contributed by atoms with E-state index in [4.69, 9.17) is 5.73 Å². The van der Waals surface area contributed by atoms with E-state index >= 15 is 0 Å². The summed E-state index contributed by atoms with van der Waals surface area (Å²) < 4.78 is 0. The highest BCUT2D eigenvalue weighted by Crippen LogP contribution is 2.34. The van der Waals surface area contributed by atoms with E-state index in [0.717, 1.165) is 55.7 Å². The normalized spacial score (nSPS) is 16.6. The Balaban J connectivity index is -0.000000219.